The van der Waals surface area contributed by atoms with Gasteiger partial charge in [0, 0.05) is 18.8 Å². The highest BCUT2D eigenvalue weighted by Crippen LogP contribution is 2.22. The number of sulfonamides is 1. The van der Waals surface area contributed by atoms with E-state index >= 15 is 0 Å². The van der Waals surface area contributed by atoms with E-state index in [0.29, 0.717) is 13.2 Å². The lowest BCUT2D eigenvalue weighted by Gasteiger charge is -2.26. The van der Waals surface area contributed by atoms with Gasteiger partial charge >= 0.3 is 0 Å². The van der Waals surface area contributed by atoms with Crippen LogP contribution >= 0.6 is 0 Å². The highest BCUT2D eigenvalue weighted by atomic mass is 32.2. The lowest BCUT2D eigenvalue weighted by Crippen LogP contribution is -2.40. The van der Waals surface area contributed by atoms with E-state index in [4.69, 9.17) is 10.5 Å². The Balaban J connectivity index is 2.40. The topological polar surface area (TPSA) is 72.6 Å². The van der Waals surface area contributed by atoms with Crippen LogP contribution in [-0.4, -0.2) is 39.0 Å². The van der Waals surface area contributed by atoms with Gasteiger partial charge in [-0.25, -0.2) is 12.8 Å². The molecule has 0 atom stereocenters. The molecule has 0 amide bonds. The molecule has 1 aliphatic heterocycles. The summed E-state index contributed by atoms with van der Waals surface area (Å²) in [5.74, 6) is -0.786. The number of halogens is 1. The van der Waals surface area contributed by atoms with Crippen LogP contribution in [0, 0.1) is 5.82 Å². The predicted octanol–water partition coefficient (Wildman–Crippen LogP) is 0.429. The quantitative estimate of drug-likeness (QED) is 0.783. The van der Waals surface area contributed by atoms with Crippen molar-refractivity contribution in [3.05, 3.63) is 24.0 Å². The normalized spacial score (nSPS) is 18.2. The third-order valence-corrected chi connectivity index (χ3v) is 4.46. The minimum atomic E-state index is -3.82. The number of nitrogen functional groups attached to an aromatic ring is 1. The Labute approximate surface area is 99.0 Å². The Morgan fingerprint density at radius 3 is 2.59 bits per heavy atom. The molecule has 0 spiro atoms. The van der Waals surface area contributed by atoms with Crippen LogP contribution in [0.3, 0.4) is 0 Å². The second-order valence-corrected chi connectivity index (χ2v) is 5.61. The molecule has 0 aliphatic carbocycles. The van der Waals surface area contributed by atoms with E-state index in [1.54, 1.807) is 0 Å². The molecule has 2 rings (SSSR count). The number of morpholine rings is 1. The molecular formula is C10H13FN2O3S. The summed E-state index contributed by atoms with van der Waals surface area (Å²) in [5, 5.41) is 0. The van der Waals surface area contributed by atoms with Gasteiger partial charge in [-0.15, -0.1) is 0 Å². The van der Waals surface area contributed by atoms with Crippen molar-refractivity contribution in [1.29, 1.82) is 0 Å². The minimum Gasteiger partial charge on any atom is -0.399 e. The van der Waals surface area contributed by atoms with Crippen molar-refractivity contribution < 1.29 is 17.5 Å². The standard InChI is InChI=1S/C10H13FN2O3S/c11-9-2-1-8(12)7-10(9)17(14,15)13-3-5-16-6-4-13/h1-2,7H,3-6,12H2. The van der Waals surface area contributed by atoms with Crippen molar-refractivity contribution in [2.24, 2.45) is 0 Å². The van der Waals surface area contributed by atoms with E-state index in [2.05, 4.69) is 0 Å². The number of hydrogen-bond acceptors (Lipinski definition) is 4. The van der Waals surface area contributed by atoms with E-state index in [0.717, 1.165) is 12.1 Å². The number of ether oxygens (including phenoxy) is 1. The highest BCUT2D eigenvalue weighted by molar-refractivity contribution is 7.89. The molecule has 1 aromatic rings. The summed E-state index contributed by atoms with van der Waals surface area (Å²) in [4.78, 5) is -0.376. The molecule has 7 heteroatoms. The van der Waals surface area contributed by atoms with Gasteiger partial charge in [0.15, 0.2) is 0 Å². The second-order valence-electron chi connectivity index (χ2n) is 3.71. The second kappa shape index (κ2) is 4.59. The van der Waals surface area contributed by atoms with Gasteiger partial charge in [-0.2, -0.15) is 4.31 Å². The molecule has 1 aliphatic rings. The first kappa shape index (κ1) is 12.3. The fraction of sp³-hybridized carbons (Fsp3) is 0.400. The molecule has 1 heterocycles. The average molecular weight is 260 g/mol. The molecule has 2 N–H and O–H groups in total. The first-order valence-corrected chi connectivity index (χ1v) is 6.59. The number of rotatable bonds is 2. The first-order valence-electron chi connectivity index (χ1n) is 5.15. The van der Waals surface area contributed by atoms with Crippen LogP contribution in [0.15, 0.2) is 23.1 Å². The maximum atomic E-state index is 13.5. The van der Waals surface area contributed by atoms with Crippen LogP contribution in [0.2, 0.25) is 0 Å². The summed E-state index contributed by atoms with van der Waals surface area (Å²) < 4.78 is 44.1. The van der Waals surface area contributed by atoms with Gasteiger partial charge in [0.2, 0.25) is 10.0 Å². The summed E-state index contributed by atoms with van der Waals surface area (Å²) in [5.41, 5.74) is 5.70. The van der Waals surface area contributed by atoms with Gasteiger partial charge in [-0.3, -0.25) is 0 Å². The Bertz CT molecular complexity index is 512. The fourth-order valence-electron chi connectivity index (χ4n) is 1.64. The number of nitrogens with two attached hydrogens (primary N) is 1. The number of benzene rings is 1. The van der Waals surface area contributed by atoms with Crippen molar-refractivity contribution in [2.75, 3.05) is 32.0 Å². The molecule has 94 valence electrons. The van der Waals surface area contributed by atoms with E-state index in [1.165, 1.54) is 10.4 Å². The van der Waals surface area contributed by atoms with Crippen LogP contribution < -0.4 is 5.73 Å². The number of nitrogens with zero attached hydrogens (tertiary/aromatic N) is 1. The van der Waals surface area contributed by atoms with Crippen molar-refractivity contribution in [3.8, 4) is 0 Å². The van der Waals surface area contributed by atoms with Gasteiger partial charge in [-0.1, -0.05) is 0 Å². The first-order chi connectivity index (χ1) is 8.01. The molecule has 1 saturated heterocycles. The SMILES string of the molecule is Nc1ccc(F)c(S(=O)(=O)N2CCOCC2)c1. The monoisotopic (exact) mass is 260 g/mol. The molecule has 5 nitrogen and oxygen atoms in total. The molecular weight excluding hydrogens is 247 g/mol. The van der Waals surface area contributed by atoms with Gasteiger partial charge in [-0.05, 0) is 18.2 Å². The summed E-state index contributed by atoms with van der Waals surface area (Å²) in [6.07, 6.45) is 0. The highest BCUT2D eigenvalue weighted by Gasteiger charge is 2.28. The fourth-order valence-corrected chi connectivity index (χ4v) is 3.15. The lowest BCUT2D eigenvalue weighted by atomic mass is 10.3. The maximum absolute atomic E-state index is 13.5. The number of hydrogen-bond donors (Lipinski definition) is 1. The molecule has 17 heavy (non-hydrogen) atoms. The van der Waals surface area contributed by atoms with Crippen LogP contribution in [0.25, 0.3) is 0 Å². The van der Waals surface area contributed by atoms with E-state index in [9.17, 15) is 12.8 Å². The maximum Gasteiger partial charge on any atom is 0.246 e. The molecule has 1 aromatic carbocycles. The Hall–Kier alpha value is -1.18. The molecule has 0 bridgehead atoms. The molecule has 0 unspecified atom stereocenters. The molecule has 0 saturated carbocycles. The zero-order valence-electron chi connectivity index (χ0n) is 9.10. The number of anilines is 1. The Morgan fingerprint density at radius 2 is 1.94 bits per heavy atom. The minimum absolute atomic E-state index is 0.221. The van der Waals surface area contributed by atoms with Crippen molar-refractivity contribution in [1.82, 2.24) is 4.31 Å². The van der Waals surface area contributed by atoms with Gasteiger partial charge in [0.25, 0.3) is 0 Å². The summed E-state index contributed by atoms with van der Waals surface area (Å²) in [6.45, 7) is 1.11. The zero-order valence-corrected chi connectivity index (χ0v) is 9.91. The van der Waals surface area contributed by atoms with Gasteiger partial charge < -0.3 is 10.5 Å². The summed E-state index contributed by atoms with van der Waals surface area (Å²) in [7, 11) is -3.82. The van der Waals surface area contributed by atoms with E-state index < -0.39 is 15.8 Å². The van der Waals surface area contributed by atoms with Crippen LogP contribution in [0.4, 0.5) is 10.1 Å². The van der Waals surface area contributed by atoms with Crippen LogP contribution in [0.1, 0.15) is 0 Å². The van der Waals surface area contributed by atoms with Crippen LogP contribution in [0.5, 0.6) is 0 Å². The lowest BCUT2D eigenvalue weighted by molar-refractivity contribution is 0.0729. The Kier molecular flexibility index (Phi) is 3.32. The van der Waals surface area contributed by atoms with Gasteiger partial charge in [0.05, 0.1) is 13.2 Å². The molecule has 0 radical (unpaired) electrons. The van der Waals surface area contributed by atoms with Crippen molar-refractivity contribution in [3.63, 3.8) is 0 Å². The van der Waals surface area contributed by atoms with Crippen molar-refractivity contribution in [2.45, 2.75) is 4.90 Å². The van der Waals surface area contributed by atoms with Crippen LogP contribution in [-0.2, 0) is 14.8 Å². The molecule has 1 fully saturated rings. The van der Waals surface area contributed by atoms with Gasteiger partial charge in [0.1, 0.15) is 10.7 Å². The smallest absolute Gasteiger partial charge is 0.246 e. The van der Waals surface area contributed by atoms with E-state index in [-0.39, 0.29) is 23.7 Å². The largest absolute Gasteiger partial charge is 0.399 e. The van der Waals surface area contributed by atoms with E-state index in [1.807, 2.05) is 0 Å². The average Bonchev–Trinajstić information content (AvgIpc) is 2.33. The zero-order chi connectivity index (χ0) is 12.5. The Morgan fingerprint density at radius 1 is 1.29 bits per heavy atom. The van der Waals surface area contributed by atoms with Crippen molar-refractivity contribution >= 4 is 15.7 Å². The third-order valence-electron chi connectivity index (χ3n) is 2.54. The molecule has 0 aromatic heterocycles. The third kappa shape index (κ3) is 2.41. The summed E-state index contributed by atoms with van der Waals surface area (Å²) >= 11 is 0. The predicted molar refractivity (Wildman–Crippen MR) is 60.4 cm³/mol. The summed E-state index contributed by atoms with van der Waals surface area (Å²) in [6, 6.07) is 3.52.